The largest absolute Gasteiger partial charge is 0.352 e. The zero-order valence-corrected chi connectivity index (χ0v) is 8.36. The quantitative estimate of drug-likeness (QED) is 0.653. The fourth-order valence-corrected chi connectivity index (χ4v) is 1.08. The molecule has 0 aromatic rings. The van der Waals surface area contributed by atoms with Crippen molar-refractivity contribution in [3.8, 4) is 0 Å². The molecule has 1 heterocycles. The molecule has 0 fully saturated rings. The van der Waals surface area contributed by atoms with Crippen molar-refractivity contribution in [1.29, 1.82) is 0 Å². The molecule has 0 atom stereocenters. The highest BCUT2D eigenvalue weighted by atomic mass is 16.1. The highest BCUT2D eigenvalue weighted by molar-refractivity contribution is 6.34. The van der Waals surface area contributed by atoms with E-state index in [9.17, 15) is 4.79 Å². The van der Waals surface area contributed by atoms with Crippen molar-refractivity contribution in [2.45, 2.75) is 13.3 Å². The zero-order chi connectivity index (χ0) is 10.2. The zero-order valence-electron chi connectivity index (χ0n) is 8.36. The van der Waals surface area contributed by atoms with Gasteiger partial charge in [-0.05, 0) is 6.92 Å². The molecule has 0 saturated carbocycles. The minimum Gasteiger partial charge on any atom is -0.352 e. The molecule has 4 nitrogen and oxygen atoms in total. The van der Waals surface area contributed by atoms with Gasteiger partial charge in [-0.1, -0.05) is 12.2 Å². The summed E-state index contributed by atoms with van der Waals surface area (Å²) < 4.78 is 0. The van der Waals surface area contributed by atoms with Crippen molar-refractivity contribution < 1.29 is 4.79 Å². The SMILES string of the molecule is C/C=C/CNC(=O)CC1=NCCN=C1. The predicted octanol–water partition coefficient (Wildman–Crippen LogP) is 0.594. The van der Waals surface area contributed by atoms with Crippen LogP contribution in [0, 0.1) is 0 Å². The lowest BCUT2D eigenvalue weighted by molar-refractivity contribution is -0.119. The first-order valence-electron chi connectivity index (χ1n) is 4.74. The number of hydrogen-bond acceptors (Lipinski definition) is 3. The van der Waals surface area contributed by atoms with Gasteiger partial charge in [0, 0.05) is 12.8 Å². The Kier molecular flexibility index (Phi) is 4.61. The average Bonchev–Trinajstić information content (AvgIpc) is 2.20. The fourth-order valence-electron chi connectivity index (χ4n) is 1.08. The lowest BCUT2D eigenvalue weighted by atomic mass is 10.2. The van der Waals surface area contributed by atoms with Crippen LogP contribution < -0.4 is 5.32 Å². The van der Waals surface area contributed by atoms with Crippen LogP contribution in [0.5, 0.6) is 0 Å². The van der Waals surface area contributed by atoms with Gasteiger partial charge in [0.25, 0.3) is 0 Å². The summed E-state index contributed by atoms with van der Waals surface area (Å²) in [6, 6.07) is 0. The lowest BCUT2D eigenvalue weighted by Crippen LogP contribution is -2.27. The van der Waals surface area contributed by atoms with Crippen LogP contribution in [0.25, 0.3) is 0 Å². The first-order chi connectivity index (χ1) is 6.83. The summed E-state index contributed by atoms with van der Waals surface area (Å²) in [6.45, 7) is 3.95. The van der Waals surface area contributed by atoms with Gasteiger partial charge in [-0.25, -0.2) is 0 Å². The minimum atomic E-state index is -0.00444. The Hall–Kier alpha value is -1.45. The lowest BCUT2D eigenvalue weighted by Gasteiger charge is -2.05. The summed E-state index contributed by atoms with van der Waals surface area (Å²) in [5.74, 6) is -0.00444. The molecule has 14 heavy (non-hydrogen) atoms. The highest BCUT2D eigenvalue weighted by Gasteiger charge is 2.05. The van der Waals surface area contributed by atoms with E-state index in [1.165, 1.54) is 0 Å². The van der Waals surface area contributed by atoms with Gasteiger partial charge in [-0.2, -0.15) is 0 Å². The summed E-state index contributed by atoms with van der Waals surface area (Å²) in [6.07, 6.45) is 5.81. The van der Waals surface area contributed by atoms with Gasteiger partial charge in [0.1, 0.15) is 0 Å². The molecule has 1 N–H and O–H groups in total. The third kappa shape index (κ3) is 3.98. The molecule has 0 radical (unpaired) electrons. The second kappa shape index (κ2) is 6.07. The molecule has 1 amide bonds. The third-order valence-electron chi connectivity index (χ3n) is 1.78. The number of rotatable bonds is 4. The van der Waals surface area contributed by atoms with E-state index in [-0.39, 0.29) is 5.91 Å². The summed E-state index contributed by atoms with van der Waals surface area (Å²) >= 11 is 0. The smallest absolute Gasteiger partial charge is 0.226 e. The molecule has 1 aliphatic heterocycles. The number of aliphatic imine (C=N–C) groups is 2. The Morgan fingerprint density at radius 2 is 2.50 bits per heavy atom. The second-order valence-corrected chi connectivity index (χ2v) is 2.96. The highest BCUT2D eigenvalue weighted by Crippen LogP contribution is 1.91. The summed E-state index contributed by atoms with van der Waals surface area (Å²) in [5.41, 5.74) is 0.772. The normalized spacial score (nSPS) is 15.6. The second-order valence-electron chi connectivity index (χ2n) is 2.96. The molecule has 1 rings (SSSR count). The van der Waals surface area contributed by atoms with E-state index >= 15 is 0 Å². The van der Waals surface area contributed by atoms with Crippen LogP contribution in [0.1, 0.15) is 13.3 Å². The van der Waals surface area contributed by atoms with Crippen molar-refractivity contribution in [2.75, 3.05) is 19.6 Å². The first kappa shape index (κ1) is 10.6. The molecule has 0 bridgehead atoms. The van der Waals surface area contributed by atoms with Crippen molar-refractivity contribution in [3.63, 3.8) is 0 Å². The molecule has 76 valence electrons. The first-order valence-corrected chi connectivity index (χ1v) is 4.74. The molecule has 0 saturated heterocycles. The van der Waals surface area contributed by atoms with Gasteiger partial charge in [0.2, 0.25) is 5.91 Å². The Morgan fingerprint density at radius 1 is 1.64 bits per heavy atom. The summed E-state index contributed by atoms with van der Waals surface area (Å²) in [4.78, 5) is 19.5. The molecule has 0 aromatic carbocycles. The summed E-state index contributed by atoms with van der Waals surface area (Å²) in [7, 11) is 0. The van der Waals surface area contributed by atoms with Gasteiger partial charge in [0.15, 0.2) is 0 Å². The van der Waals surface area contributed by atoms with Gasteiger partial charge >= 0.3 is 0 Å². The van der Waals surface area contributed by atoms with Crippen LogP contribution in [0.4, 0.5) is 0 Å². The van der Waals surface area contributed by atoms with E-state index in [1.54, 1.807) is 6.21 Å². The standard InChI is InChI=1S/C10H15N3O/c1-2-3-4-13-10(14)7-9-8-11-5-6-12-9/h2-3,8H,4-7H2,1H3,(H,13,14)/b3-2+. The van der Waals surface area contributed by atoms with Crippen LogP contribution in [0.3, 0.4) is 0 Å². The number of allylic oxidation sites excluding steroid dienone is 1. The maximum absolute atomic E-state index is 11.3. The molecule has 1 aliphatic rings. The van der Waals surface area contributed by atoms with Crippen LogP contribution in [0.15, 0.2) is 22.1 Å². The number of amides is 1. The van der Waals surface area contributed by atoms with Crippen molar-refractivity contribution in [1.82, 2.24) is 5.32 Å². The van der Waals surface area contributed by atoms with Crippen LogP contribution >= 0.6 is 0 Å². The van der Waals surface area contributed by atoms with Gasteiger partial charge < -0.3 is 5.32 Å². The maximum atomic E-state index is 11.3. The van der Waals surface area contributed by atoms with E-state index in [1.807, 2.05) is 19.1 Å². The van der Waals surface area contributed by atoms with Gasteiger partial charge in [0.05, 0.1) is 25.2 Å². The topological polar surface area (TPSA) is 53.8 Å². The van der Waals surface area contributed by atoms with Crippen LogP contribution in [0.2, 0.25) is 0 Å². The monoisotopic (exact) mass is 193 g/mol. The molecule has 0 unspecified atom stereocenters. The molecular formula is C10H15N3O. The Morgan fingerprint density at radius 3 is 3.14 bits per heavy atom. The minimum absolute atomic E-state index is 0.00444. The molecule has 0 spiro atoms. The van der Waals surface area contributed by atoms with E-state index in [2.05, 4.69) is 15.3 Å². The van der Waals surface area contributed by atoms with Crippen molar-refractivity contribution in [2.24, 2.45) is 9.98 Å². The molecule has 4 heteroatoms. The number of nitrogens with one attached hydrogen (secondary N) is 1. The van der Waals surface area contributed by atoms with E-state index in [4.69, 9.17) is 0 Å². The molecule has 0 aliphatic carbocycles. The summed E-state index contributed by atoms with van der Waals surface area (Å²) in [5, 5.41) is 2.76. The number of carbonyl (C=O) groups excluding carboxylic acids is 1. The average molecular weight is 193 g/mol. The van der Waals surface area contributed by atoms with E-state index in [0.717, 1.165) is 12.3 Å². The van der Waals surface area contributed by atoms with E-state index < -0.39 is 0 Å². The van der Waals surface area contributed by atoms with Crippen LogP contribution in [-0.4, -0.2) is 37.5 Å². The number of nitrogens with zero attached hydrogens (tertiary/aromatic N) is 2. The Labute approximate surface area is 83.8 Å². The Bertz CT molecular complexity index is 279. The molecular weight excluding hydrogens is 178 g/mol. The predicted molar refractivity (Wildman–Crippen MR) is 58.1 cm³/mol. The Balaban J connectivity index is 2.26. The number of hydrogen-bond donors (Lipinski definition) is 1. The fraction of sp³-hybridized carbons (Fsp3) is 0.500. The maximum Gasteiger partial charge on any atom is 0.226 e. The van der Waals surface area contributed by atoms with Crippen molar-refractivity contribution >= 4 is 17.8 Å². The van der Waals surface area contributed by atoms with Crippen molar-refractivity contribution in [3.05, 3.63) is 12.2 Å². The third-order valence-corrected chi connectivity index (χ3v) is 1.78. The van der Waals surface area contributed by atoms with Crippen LogP contribution in [-0.2, 0) is 4.79 Å². The van der Waals surface area contributed by atoms with Gasteiger partial charge in [-0.3, -0.25) is 14.8 Å². The van der Waals surface area contributed by atoms with Gasteiger partial charge in [-0.15, -0.1) is 0 Å². The number of carbonyl (C=O) groups is 1. The van der Waals surface area contributed by atoms with E-state index in [0.29, 0.717) is 19.5 Å². The molecule has 0 aromatic heterocycles.